The zero-order valence-electron chi connectivity index (χ0n) is 33.7. The van der Waals surface area contributed by atoms with Gasteiger partial charge < -0.3 is 24.4 Å². The fourth-order valence-corrected chi connectivity index (χ4v) is 10.8. The van der Waals surface area contributed by atoms with Crippen molar-refractivity contribution in [1.29, 1.82) is 0 Å². The molecule has 2 aromatic carbocycles. The molecule has 0 radical (unpaired) electrons. The third-order valence-electron chi connectivity index (χ3n) is 13.4. The number of aliphatic hydroxyl groups is 2. The summed E-state index contributed by atoms with van der Waals surface area (Å²) in [5.74, 6) is -4.18. The summed E-state index contributed by atoms with van der Waals surface area (Å²) in [5, 5.41) is 25.7. The predicted octanol–water partition coefficient (Wildman–Crippen LogP) is 9.66. The maximum absolute atomic E-state index is 15.4. The third-order valence-corrected chi connectivity index (χ3v) is 14.4. The van der Waals surface area contributed by atoms with Crippen LogP contribution in [-0.2, 0) is 23.8 Å². The van der Waals surface area contributed by atoms with E-state index in [1.807, 2.05) is 20.8 Å². The number of aliphatic hydroxyl groups excluding tert-OH is 1. The van der Waals surface area contributed by atoms with Gasteiger partial charge in [0, 0.05) is 32.6 Å². The molecule has 0 aliphatic heterocycles. The quantitative estimate of drug-likeness (QED) is 0.0731. The lowest BCUT2D eigenvalue weighted by Crippen LogP contribution is -2.66. The van der Waals surface area contributed by atoms with Crippen molar-refractivity contribution in [1.82, 2.24) is 0 Å². The first-order chi connectivity index (χ1) is 27.0. The Balaban J connectivity index is 1.31. The van der Waals surface area contributed by atoms with Gasteiger partial charge in [0.25, 0.3) is 0 Å². The smallest absolute Gasteiger partial charge is 0.338 e. The van der Waals surface area contributed by atoms with Crippen molar-refractivity contribution >= 4 is 55.6 Å². The number of carbonyl (C=O) groups excluding carboxylic acids is 4. The molecule has 2 N–H and O–H groups in total. The van der Waals surface area contributed by atoms with Gasteiger partial charge in [0.2, 0.25) is 0 Å². The minimum absolute atomic E-state index is 0.0997. The van der Waals surface area contributed by atoms with E-state index in [-0.39, 0.29) is 41.3 Å². The highest BCUT2D eigenvalue weighted by Crippen LogP contribution is 2.75. The van der Waals surface area contributed by atoms with E-state index in [0.29, 0.717) is 12.0 Å². The summed E-state index contributed by atoms with van der Waals surface area (Å²) in [5.41, 5.74) is -4.82. The second-order valence-corrected chi connectivity index (χ2v) is 19.1. The average molecular weight is 913 g/mol. The van der Waals surface area contributed by atoms with Gasteiger partial charge >= 0.3 is 17.9 Å². The maximum Gasteiger partial charge on any atom is 0.338 e. The van der Waals surface area contributed by atoms with Crippen molar-refractivity contribution in [3.8, 4) is 0 Å². The van der Waals surface area contributed by atoms with E-state index in [0.717, 1.165) is 28.2 Å². The van der Waals surface area contributed by atoms with Gasteiger partial charge in [-0.25, -0.2) is 9.59 Å². The predicted molar refractivity (Wildman–Crippen MR) is 223 cm³/mol. The van der Waals surface area contributed by atoms with Crippen molar-refractivity contribution < 1.29 is 43.6 Å². The fraction of sp³-hybridized carbons (Fsp3) is 0.565. The number of hydrogen-bond donors (Lipinski definition) is 2. The number of rotatable bonds is 16. The Morgan fingerprint density at radius 1 is 0.842 bits per heavy atom. The molecule has 2 saturated carbocycles. The molecular formula is C46H56Br2O9. The second kappa shape index (κ2) is 17.2. The molecule has 6 rings (SSSR count). The van der Waals surface area contributed by atoms with Crippen LogP contribution in [-0.4, -0.2) is 63.9 Å². The zero-order valence-corrected chi connectivity index (χ0v) is 36.8. The molecule has 2 aromatic rings. The molecule has 9 nitrogen and oxygen atoms in total. The SMILES string of the molecule is CCCCCCCCCCCC(=O)O[C@@]12C[C@@H](C)[C@]34C=C(C)[C@H](OC(=O)c5ccc(Br)cc5)[C@@]3(O)[C@H](O)C(COC(=O)c3ccc(Br)cc3)=C[C@H](C4=O)[C@@H]1C2(C)C. The third kappa shape index (κ3) is 7.87. The van der Waals surface area contributed by atoms with Crippen LogP contribution in [0.15, 0.2) is 80.8 Å². The number of ether oxygens (including phenoxy) is 3. The van der Waals surface area contributed by atoms with Gasteiger partial charge in [-0.15, -0.1) is 0 Å². The van der Waals surface area contributed by atoms with Crippen LogP contribution in [0.1, 0.15) is 126 Å². The molecule has 0 saturated heterocycles. The van der Waals surface area contributed by atoms with Gasteiger partial charge in [-0.05, 0) is 85.4 Å². The van der Waals surface area contributed by atoms with Gasteiger partial charge in [0.15, 0.2) is 17.5 Å². The number of hydrogen-bond acceptors (Lipinski definition) is 9. The van der Waals surface area contributed by atoms with E-state index in [1.165, 1.54) is 32.1 Å². The van der Waals surface area contributed by atoms with E-state index < -0.39 is 70.5 Å². The summed E-state index contributed by atoms with van der Waals surface area (Å²) in [7, 11) is 0. The zero-order chi connectivity index (χ0) is 41.3. The number of benzene rings is 2. The van der Waals surface area contributed by atoms with Crippen LogP contribution in [0, 0.1) is 28.6 Å². The molecule has 2 bridgehead atoms. The standard InChI is InChI=1S/C46H56Br2O9/c1-6-7-8-9-10-11-12-13-14-15-36(49)57-45-26-29(3)44-25-28(2)40(56-42(53)31-18-22-34(48)23-19-31)46(44,54)38(50)32(24-35(39(44)51)37(45)43(45,4)5)27-55-41(52)30-16-20-33(47)21-17-30/h16-25,29,35,37-38,40,50,54H,6-15,26-27H2,1-5H3/t29-,35+,37-,38-,40+,44+,45+,46+/m1/s1. The van der Waals surface area contributed by atoms with Crippen LogP contribution in [0.25, 0.3) is 0 Å². The van der Waals surface area contributed by atoms with Crippen molar-refractivity contribution in [2.45, 2.75) is 129 Å². The normalized spacial score (nSPS) is 30.8. The van der Waals surface area contributed by atoms with E-state index in [9.17, 15) is 24.6 Å². The first-order valence-corrected chi connectivity index (χ1v) is 22.1. The van der Waals surface area contributed by atoms with Crippen LogP contribution in [0.5, 0.6) is 0 Å². The van der Waals surface area contributed by atoms with E-state index >= 15 is 4.79 Å². The minimum atomic E-state index is -2.40. The molecular weight excluding hydrogens is 856 g/mol. The molecule has 11 heteroatoms. The highest BCUT2D eigenvalue weighted by molar-refractivity contribution is 9.10. The summed E-state index contributed by atoms with van der Waals surface area (Å²) in [6.45, 7) is 9.26. The van der Waals surface area contributed by atoms with Crippen molar-refractivity contribution in [2.75, 3.05) is 6.61 Å². The minimum Gasteiger partial charge on any atom is -0.458 e. The number of unbranched alkanes of at least 4 members (excludes halogenated alkanes) is 8. The summed E-state index contributed by atoms with van der Waals surface area (Å²) >= 11 is 6.75. The molecule has 308 valence electrons. The number of ketones is 1. The topological polar surface area (TPSA) is 136 Å². The lowest BCUT2D eigenvalue weighted by atomic mass is 9.59. The van der Waals surface area contributed by atoms with Crippen LogP contribution in [0.3, 0.4) is 0 Å². The van der Waals surface area contributed by atoms with Crippen LogP contribution >= 0.6 is 31.9 Å². The first kappa shape index (κ1) is 43.5. The fourth-order valence-electron chi connectivity index (χ4n) is 10.3. The Labute approximate surface area is 353 Å². The molecule has 1 spiro atoms. The van der Waals surface area contributed by atoms with Gasteiger partial charge in [-0.3, -0.25) is 9.59 Å². The molecule has 4 aliphatic carbocycles. The lowest BCUT2D eigenvalue weighted by Gasteiger charge is -2.49. The van der Waals surface area contributed by atoms with Gasteiger partial charge in [0.1, 0.15) is 18.3 Å². The number of allylic oxidation sites excluding steroid dienone is 1. The van der Waals surface area contributed by atoms with Gasteiger partial charge in [0.05, 0.1) is 16.5 Å². The second-order valence-electron chi connectivity index (χ2n) is 17.2. The highest BCUT2D eigenvalue weighted by Gasteiger charge is 2.83. The van der Waals surface area contributed by atoms with Gasteiger partial charge in [-0.1, -0.05) is 123 Å². The number of fused-ring (bicyclic) bond motifs is 3. The monoisotopic (exact) mass is 910 g/mol. The van der Waals surface area contributed by atoms with E-state index in [2.05, 4.69) is 38.8 Å². The van der Waals surface area contributed by atoms with Gasteiger partial charge in [-0.2, -0.15) is 0 Å². The molecule has 8 atom stereocenters. The summed E-state index contributed by atoms with van der Waals surface area (Å²) in [4.78, 5) is 56.0. The maximum atomic E-state index is 15.4. The average Bonchev–Trinajstić information content (AvgIpc) is 3.57. The highest BCUT2D eigenvalue weighted by atomic mass is 79.9. The van der Waals surface area contributed by atoms with Crippen LogP contribution in [0.4, 0.5) is 0 Å². The number of Topliss-reactive ketones (excluding diaryl/α,β-unsaturated/α-hetero) is 1. The summed E-state index contributed by atoms with van der Waals surface area (Å²) < 4.78 is 19.9. The molecule has 57 heavy (non-hydrogen) atoms. The lowest BCUT2D eigenvalue weighted by molar-refractivity contribution is -0.192. The van der Waals surface area contributed by atoms with Crippen molar-refractivity contribution in [2.24, 2.45) is 28.6 Å². The molecule has 2 fully saturated rings. The molecule has 0 unspecified atom stereocenters. The Hall–Kier alpha value is -3.12. The molecule has 0 aromatic heterocycles. The van der Waals surface area contributed by atoms with E-state index in [4.69, 9.17) is 14.2 Å². The molecule has 0 heterocycles. The van der Waals surface area contributed by atoms with Crippen LogP contribution < -0.4 is 0 Å². The van der Waals surface area contributed by atoms with Crippen molar-refractivity contribution in [3.63, 3.8) is 0 Å². The summed E-state index contributed by atoms with van der Waals surface area (Å²) in [6, 6.07) is 13.1. The summed E-state index contributed by atoms with van der Waals surface area (Å²) in [6.07, 6.45) is 10.6. The largest absolute Gasteiger partial charge is 0.458 e. The number of halogens is 2. The Kier molecular flexibility index (Phi) is 13.1. The Bertz CT molecular complexity index is 1900. The first-order valence-electron chi connectivity index (χ1n) is 20.5. The molecule has 0 amide bonds. The number of esters is 3. The molecule has 4 aliphatic rings. The van der Waals surface area contributed by atoms with Crippen LogP contribution in [0.2, 0.25) is 0 Å². The number of carbonyl (C=O) groups is 4. The van der Waals surface area contributed by atoms with E-state index in [1.54, 1.807) is 67.6 Å². The Morgan fingerprint density at radius 2 is 1.39 bits per heavy atom. The Morgan fingerprint density at radius 3 is 1.96 bits per heavy atom. The van der Waals surface area contributed by atoms with Crippen molar-refractivity contribution in [3.05, 3.63) is 91.9 Å².